The van der Waals surface area contributed by atoms with Crippen molar-refractivity contribution in [2.24, 2.45) is 0 Å². The minimum atomic E-state index is -0.574. The summed E-state index contributed by atoms with van der Waals surface area (Å²) in [6.45, 7) is 4.08. The summed E-state index contributed by atoms with van der Waals surface area (Å²) in [6.07, 6.45) is 0. The Morgan fingerprint density at radius 2 is 2.11 bits per heavy atom. The van der Waals surface area contributed by atoms with Crippen LogP contribution in [-0.2, 0) is 6.54 Å². The molecule has 0 aliphatic carbocycles. The molecule has 0 saturated heterocycles. The molecule has 3 nitrogen and oxygen atoms in total. The second kappa shape index (κ2) is 5.27. The lowest BCUT2D eigenvalue weighted by Gasteiger charge is -2.13. The molecule has 0 aliphatic rings. The number of aryl methyl sites for hydroxylation is 1. The molecule has 0 amide bonds. The topological polar surface area (TPSA) is 38.1 Å². The van der Waals surface area contributed by atoms with Gasteiger partial charge in [-0.15, -0.1) is 0 Å². The molecule has 1 atom stereocenters. The first-order chi connectivity index (χ1) is 8.56. The molecule has 1 aromatic carbocycles. The van der Waals surface area contributed by atoms with Crippen molar-refractivity contribution in [3.63, 3.8) is 0 Å². The van der Waals surface area contributed by atoms with E-state index in [2.05, 4.69) is 10.5 Å². The van der Waals surface area contributed by atoms with Gasteiger partial charge < -0.3 is 9.84 Å². The Morgan fingerprint density at radius 1 is 1.33 bits per heavy atom. The van der Waals surface area contributed by atoms with E-state index in [1.54, 1.807) is 13.0 Å². The van der Waals surface area contributed by atoms with Gasteiger partial charge in [-0.3, -0.25) is 0 Å². The van der Waals surface area contributed by atoms with Gasteiger partial charge in [0.2, 0.25) is 0 Å². The van der Waals surface area contributed by atoms with Crippen LogP contribution in [0.25, 0.3) is 0 Å². The van der Waals surface area contributed by atoms with E-state index in [1.807, 2.05) is 6.92 Å². The fourth-order valence-electron chi connectivity index (χ4n) is 1.72. The van der Waals surface area contributed by atoms with Crippen molar-refractivity contribution in [1.29, 1.82) is 0 Å². The van der Waals surface area contributed by atoms with Gasteiger partial charge >= 0.3 is 0 Å². The summed E-state index contributed by atoms with van der Waals surface area (Å²) in [4.78, 5) is 0. The van der Waals surface area contributed by atoms with Gasteiger partial charge in [0.05, 0.1) is 5.69 Å². The predicted octanol–water partition coefficient (Wildman–Crippen LogP) is 3.11. The standard InChI is InChI=1S/C13H14F2N2O/c1-8-5-11(17-18-8)7-16-9(2)12-4-3-10(14)6-13(12)15/h3-6,9,16H,7H2,1-2H3. The molecule has 2 rings (SSSR count). The van der Waals surface area contributed by atoms with Crippen LogP contribution >= 0.6 is 0 Å². The van der Waals surface area contributed by atoms with Crippen LogP contribution in [-0.4, -0.2) is 5.16 Å². The maximum absolute atomic E-state index is 13.5. The van der Waals surface area contributed by atoms with Crippen LogP contribution in [0.1, 0.15) is 30.0 Å². The maximum Gasteiger partial charge on any atom is 0.133 e. The van der Waals surface area contributed by atoms with E-state index in [0.717, 1.165) is 17.5 Å². The third-order valence-electron chi connectivity index (χ3n) is 2.70. The molecule has 96 valence electrons. The maximum atomic E-state index is 13.5. The van der Waals surface area contributed by atoms with E-state index in [-0.39, 0.29) is 6.04 Å². The van der Waals surface area contributed by atoms with Crippen LogP contribution in [0.5, 0.6) is 0 Å². The molecule has 1 aromatic heterocycles. The Balaban J connectivity index is 2.01. The lowest BCUT2D eigenvalue weighted by atomic mass is 10.1. The highest BCUT2D eigenvalue weighted by molar-refractivity contribution is 5.21. The number of benzene rings is 1. The highest BCUT2D eigenvalue weighted by atomic mass is 19.1. The average molecular weight is 252 g/mol. The molecule has 1 heterocycles. The molecule has 2 aromatic rings. The molecule has 18 heavy (non-hydrogen) atoms. The number of halogens is 2. The van der Waals surface area contributed by atoms with Crippen LogP contribution in [0, 0.1) is 18.6 Å². The minimum Gasteiger partial charge on any atom is -0.361 e. The van der Waals surface area contributed by atoms with Gasteiger partial charge in [-0.1, -0.05) is 11.2 Å². The van der Waals surface area contributed by atoms with Gasteiger partial charge in [0.1, 0.15) is 17.4 Å². The van der Waals surface area contributed by atoms with Crippen molar-refractivity contribution in [1.82, 2.24) is 10.5 Å². The molecule has 5 heteroatoms. The molecule has 1 N–H and O–H groups in total. The Hall–Kier alpha value is -1.75. The van der Waals surface area contributed by atoms with Crippen molar-refractivity contribution in [2.45, 2.75) is 26.4 Å². The van der Waals surface area contributed by atoms with Gasteiger partial charge in [-0.25, -0.2) is 8.78 Å². The van der Waals surface area contributed by atoms with E-state index in [9.17, 15) is 8.78 Å². The molecule has 0 bridgehead atoms. The fraction of sp³-hybridized carbons (Fsp3) is 0.308. The summed E-state index contributed by atoms with van der Waals surface area (Å²) in [5.74, 6) is -0.394. The van der Waals surface area contributed by atoms with Gasteiger partial charge in [0.15, 0.2) is 0 Å². The second-order valence-corrected chi connectivity index (χ2v) is 4.20. The lowest BCUT2D eigenvalue weighted by Crippen LogP contribution is -2.19. The third kappa shape index (κ3) is 2.92. The minimum absolute atomic E-state index is 0.234. The third-order valence-corrected chi connectivity index (χ3v) is 2.70. The summed E-state index contributed by atoms with van der Waals surface area (Å²) in [5, 5.41) is 6.93. The van der Waals surface area contributed by atoms with Crippen LogP contribution in [0.15, 0.2) is 28.8 Å². The Bertz CT molecular complexity index is 540. The Labute approximate surface area is 104 Å². The number of hydrogen-bond donors (Lipinski definition) is 1. The first-order valence-electron chi connectivity index (χ1n) is 5.67. The first kappa shape index (κ1) is 12.7. The van der Waals surface area contributed by atoms with Crippen molar-refractivity contribution in [3.8, 4) is 0 Å². The molecule has 0 radical (unpaired) electrons. The zero-order valence-corrected chi connectivity index (χ0v) is 10.2. The van der Waals surface area contributed by atoms with Crippen molar-refractivity contribution in [3.05, 3.63) is 52.9 Å². The summed E-state index contributed by atoms with van der Waals surface area (Å²) < 4.78 is 31.2. The average Bonchev–Trinajstić information content (AvgIpc) is 2.72. The van der Waals surface area contributed by atoms with E-state index in [1.165, 1.54) is 12.1 Å². The zero-order valence-electron chi connectivity index (χ0n) is 10.2. The highest BCUT2D eigenvalue weighted by Gasteiger charge is 2.12. The van der Waals surface area contributed by atoms with Gasteiger partial charge in [0.25, 0.3) is 0 Å². The number of nitrogens with one attached hydrogen (secondary N) is 1. The van der Waals surface area contributed by atoms with E-state index in [0.29, 0.717) is 12.1 Å². The Morgan fingerprint density at radius 3 is 2.72 bits per heavy atom. The van der Waals surface area contributed by atoms with Crippen LogP contribution in [0.4, 0.5) is 8.78 Å². The van der Waals surface area contributed by atoms with Gasteiger partial charge in [-0.2, -0.15) is 0 Å². The molecule has 0 saturated carbocycles. The van der Waals surface area contributed by atoms with Crippen molar-refractivity contribution < 1.29 is 13.3 Å². The molecule has 0 fully saturated rings. The SMILES string of the molecule is Cc1cc(CNC(C)c2ccc(F)cc2F)no1. The second-order valence-electron chi connectivity index (χ2n) is 4.20. The van der Waals surface area contributed by atoms with E-state index < -0.39 is 11.6 Å². The quantitative estimate of drug-likeness (QED) is 0.908. The zero-order chi connectivity index (χ0) is 13.1. The highest BCUT2D eigenvalue weighted by Crippen LogP contribution is 2.18. The summed E-state index contributed by atoms with van der Waals surface area (Å²) in [7, 11) is 0. The summed E-state index contributed by atoms with van der Waals surface area (Å²) >= 11 is 0. The van der Waals surface area contributed by atoms with Crippen LogP contribution < -0.4 is 5.32 Å². The molecular weight excluding hydrogens is 238 g/mol. The van der Waals surface area contributed by atoms with Crippen LogP contribution in [0.3, 0.4) is 0 Å². The lowest BCUT2D eigenvalue weighted by molar-refractivity contribution is 0.386. The molecular formula is C13H14F2N2O. The largest absolute Gasteiger partial charge is 0.361 e. The van der Waals surface area contributed by atoms with Crippen molar-refractivity contribution in [2.75, 3.05) is 0 Å². The van der Waals surface area contributed by atoms with Gasteiger partial charge in [-0.05, 0) is 19.9 Å². The fourth-order valence-corrected chi connectivity index (χ4v) is 1.72. The monoisotopic (exact) mass is 252 g/mol. The van der Waals surface area contributed by atoms with Crippen LogP contribution in [0.2, 0.25) is 0 Å². The number of hydrogen-bond acceptors (Lipinski definition) is 3. The number of nitrogens with zero attached hydrogens (tertiary/aromatic N) is 1. The number of rotatable bonds is 4. The Kier molecular flexibility index (Phi) is 3.72. The molecule has 1 unspecified atom stereocenters. The smallest absolute Gasteiger partial charge is 0.133 e. The van der Waals surface area contributed by atoms with E-state index >= 15 is 0 Å². The summed E-state index contributed by atoms with van der Waals surface area (Å²) in [5.41, 5.74) is 1.18. The summed E-state index contributed by atoms with van der Waals surface area (Å²) in [6, 6.07) is 5.14. The first-order valence-corrected chi connectivity index (χ1v) is 5.67. The number of aromatic nitrogens is 1. The van der Waals surface area contributed by atoms with E-state index in [4.69, 9.17) is 4.52 Å². The predicted molar refractivity (Wildman–Crippen MR) is 62.9 cm³/mol. The van der Waals surface area contributed by atoms with Crippen molar-refractivity contribution >= 4 is 0 Å². The molecule has 0 spiro atoms. The van der Waals surface area contributed by atoms with Gasteiger partial charge in [0, 0.05) is 30.3 Å². The normalized spacial score (nSPS) is 12.7. The molecule has 0 aliphatic heterocycles.